The molecule has 2 aromatic rings. The van der Waals surface area contributed by atoms with Gasteiger partial charge in [-0.25, -0.2) is 5.43 Å². The van der Waals surface area contributed by atoms with Gasteiger partial charge in [-0.3, -0.25) is 4.79 Å². The number of carbonyl (C=O) groups excluding carboxylic acids is 1. The zero-order valence-corrected chi connectivity index (χ0v) is 20.6. The predicted octanol–water partition coefficient (Wildman–Crippen LogP) is 5.83. The minimum Gasteiger partial charge on any atom is -0.493 e. The molecule has 6 nitrogen and oxygen atoms in total. The molecule has 0 heterocycles. The maximum absolute atomic E-state index is 12.1. The van der Waals surface area contributed by atoms with Crippen molar-refractivity contribution in [2.24, 2.45) is 5.10 Å². The van der Waals surface area contributed by atoms with Crippen LogP contribution in [0.15, 0.2) is 33.8 Å². The van der Waals surface area contributed by atoms with Crippen LogP contribution in [0.1, 0.15) is 42.9 Å². The molecular weight excluding hydrogens is 484 g/mol. The topological polar surface area (TPSA) is 69.2 Å². The summed E-state index contributed by atoms with van der Waals surface area (Å²) in [5, 5.41) is 4.65. The summed E-state index contributed by atoms with van der Waals surface area (Å²) in [6.07, 6.45) is 4.81. The molecule has 1 amide bonds. The van der Waals surface area contributed by atoms with E-state index in [0.717, 1.165) is 40.4 Å². The Labute approximate surface area is 197 Å². The normalized spacial score (nSPS) is 10.9. The Morgan fingerprint density at radius 2 is 1.94 bits per heavy atom. The van der Waals surface area contributed by atoms with Crippen LogP contribution in [-0.2, 0) is 4.79 Å². The Morgan fingerprint density at radius 3 is 2.65 bits per heavy atom. The Bertz CT molecular complexity index is 934. The van der Waals surface area contributed by atoms with Crippen LogP contribution in [0.25, 0.3) is 0 Å². The lowest BCUT2D eigenvalue weighted by Crippen LogP contribution is -2.24. The monoisotopic (exact) mass is 510 g/mol. The second kappa shape index (κ2) is 12.6. The molecule has 0 bridgehead atoms. The Morgan fingerprint density at radius 1 is 1.16 bits per heavy atom. The van der Waals surface area contributed by atoms with Gasteiger partial charge in [0.05, 0.1) is 24.4 Å². The van der Waals surface area contributed by atoms with E-state index in [2.05, 4.69) is 33.4 Å². The smallest absolute Gasteiger partial charge is 0.277 e. The van der Waals surface area contributed by atoms with Crippen LogP contribution in [0.5, 0.6) is 17.2 Å². The van der Waals surface area contributed by atoms with E-state index < -0.39 is 0 Å². The molecule has 1 N–H and O–H groups in total. The van der Waals surface area contributed by atoms with Crippen molar-refractivity contribution >= 4 is 39.7 Å². The van der Waals surface area contributed by atoms with Crippen LogP contribution in [-0.4, -0.2) is 32.4 Å². The molecule has 0 aliphatic carbocycles. The molecule has 0 atom stereocenters. The van der Waals surface area contributed by atoms with Crippen molar-refractivity contribution in [2.75, 3.05) is 20.3 Å². The summed E-state index contributed by atoms with van der Waals surface area (Å²) in [5.74, 6) is 1.48. The van der Waals surface area contributed by atoms with Gasteiger partial charge in [0.15, 0.2) is 18.1 Å². The van der Waals surface area contributed by atoms with Crippen LogP contribution >= 0.6 is 27.5 Å². The average Bonchev–Trinajstić information content (AvgIpc) is 2.77. The van der Waals surface area contributed by atoms with Gasteiger partial charge in [-0.2, -0.15) is 5.10 Å². The van der Waals surface area contributed by atoms with E-state index in [1.807, 2.05) is 26.0 Å². The summed E-state index contributed by atoms with van der Waals surface area (Å²) in [4.78, 5) is 12.1. The van der Waals surface area contributed by atoms with Gasteiger partial charge in [0.25, 0.3) is 5.91 Å². The SMILES string of the molecule is CCCCCOc1ccc(/C=N/NC(=O)COc2cc(C)c(Cl)c(C)c2Br)cc1OC. The van der Waals surface area contributed by atoms with Crippen molar-refractivity contribution in [1.82, 2.24) is 5.43 Å². The second-order valence-electron chi connectivity index (χ2n) is 6.99. The van der Waals surface area contributed by atoms with Crippen LogP contribution in [0.4, 0.5) is 0 Å². The molecule has 0 aliphatic rings. The van der Waals surface area contributed by atoms with E-state index in [9.17, 15) is 4.79 Å². The molecule has 0 saturated carbocycles. The number of nitrogens with zero attached hydrogens (tertiary/aromatic N) is 1. The molecular formula is C23H28BrClN2O4. The number of unbranched alkanes of at least 4 members (excludes halogenated alkanes) is 2. The summed E-state index contributed by atoms with van der Waals surface area (Å²) in [6, 6.07) is 7.27. The maximum Gasteiger partial charge on any atom is 0.277 e. The van der Waals surface area contributed by atoms with E-state index in [4.69, 9.17) is 25.8 Å². The largest absolute Gasteiger partial charge is 0.493 e. The molecule has 0 radical (unpaired) electrons. The van der Waals surface area contributed by atoms with Crippen molar-refractivity contribution in [2.45, 2.75) is 40.0 Å². The third-order valence-electron chi connectivity index (χ3n) is 4.52. The number of ether oxygens (including phenoxy) is 3. The van der Waals surface area contributed by atoms with Crippen LogP contribution in [0, 0.1) is 13.8 Å². The van der Waals surface area contributed by atoms with Gasteiger partial charge < -0.3 is 14.2 Å². The first-order valence-electron chi connectivity index (χ1n) is 10.1. The zero-order valence-electron chi connectivity index (χ0n) is 18.3. The number of hydrazone groups is 1. The minimum atomic E-state index is -0.378. The second-order valence-corrected chi connectivity index (χ2v) is 8.16. The van der Waals surface area contributed by atoms with E-state index in [0.29, 0.717) is 28.9 Å². The van der Waals surface area contributed by atoms with Crippen molar-refractivity contribution in [3.05, 3.63) is 50.5 Å². The Hall–Kier alpha value is -2.25. The van der Waals surface area contributed by atoms with E-state index in [-0.39, 0.29) is 12.5 Å². The fourth-order valence-corrected chi connectivity index (χ4v) is 3.47. The number of hydrogen-bond acceptors (Lipinski definition) is 5. The lowest BCUT2D eigenvalue weighted by atomic mass is 10.1. The summed E-state index contributed by atoms with van der Waals surface area (Å²) >= 11 is 9.66. The number of aryl methyl sites for hydroxylation is 1. The lowest BCUT2D eigenvalue weighted by molar-refractivity contribution is -0.123. The average molecular weight is 512 g/mol. The molecule has 2 rings (SSSR count). The molecule has 0 fully saturated rings. The number of rotatable bonds is 11. The van der Waals surface area contributed by atoms with Gasteiger partial charge in [-0.1, -0.05) is 31.4 Å². The highest BCUT2D eigenvalue weighted by Crippen LogP contribution is 2.35. The van der Waals surface area contributed by atoms with Crippen LogP contribution < -0.4 is 19.6 Å². The third kappa shape index (κ3) is 7.43. The first kappa shape index (κ1) is 25.0. The van der Waals surface area contributed by atoms with Gasteiger partial charge in [-0.15, -0.1) is 0 Å². The van der Waals surface area contributed by atoms with Gasteiger partial charge in [0, 0.05) is 5.02 Å². The quantitative estimate of drug-likeness (QED) is 0.234. The maximum atomic E-state index is 12.1. The van der Waals surface area contributed by atoms with E-state index >= 15 is 0 Å². The molecule has 168 valence electrons. The molecule has 0 spiro atoms. The molecule has 2 aromatic carbocycles. The summed E-state index contributed by atoms with van der Waals surface area (Å²) in [5.41, 5.74) is 4.96. The number of methoxy groups -OCH3 is 1. The third-order valence-corrected chi connectivity index (χ3v) is 6.09. The highest BCUT2D eigenvalue weighted by atomic mass is 79.9. The fraction of sp³-hybridized carbons (Fsp3) is 0.391. The molecule has 0 saturated heterocycles. The molecule has 0 aliphatic heterocycles. The van der Waals surface area contributed by atoms with Gasteiger partial charge in [0.1, 0.15) is 5.75 Å². The lowest BCUT2D eigenvalue weighted by Gasteiger charge is -2.12. The van der Waals surface area contributed by atoms with E-state index in [1.165, 1.54) is 6.21 Å². The summed E-state index contributed by atoms with van der Waals surface area (Å²) in [7, 11) is 1.59. The minimum absolute atomic E-state index is 0.176. The Kier molecular flexibility index (Phi) is 10.1. The molecule has 8 heteroatoms. The van der Waals surface area contributed by atoms with Crippen molar-refractivity contribution < 1.29 is 19.0 Å². The first-order valence-corrected chi connectivity index (χ1v) is 11.2. The van der Waals surface area contributed by atoms with Crippen molar-refractivity contribution in [1.29, 1.82) is 0 Å². The first-order chi connectivity index (χ1) is 14.9. The van der Waals surface area contributed by atoms with Gasteiger partial charge in [0.2, 0.25) is 0 Å². The summed E-state index contributed by atoms with van der Waals surface area (Å²) in [6.45, 7) is 6.39. The zero-order chi connectivity index (χ0) is 22.8. The predicted molar refractivity (Wildman–Crippen MR) is 128 cm³/mol. The van der Waals surface area contributed by atoms with E-state index in [1.54, 1.807) is 19.2 Å². The number of nitrogens with one attached hydrogen (secondary N) is 1. The standard InChI is InChI=1S/C23H28BrClN2O4/c1-5-6-7-10-30-18-9-8-17(12-19(18)29-4)13-26-27-21(28)14-31-20-11-15(2)23(25)16(3)22(20)24/h8-9,11-13H,5-7,10,14H2,1-4H3,(H,27,28)/b26-13+. The van der Waals surface area contributed by atoms with Gasteiger partial charge in [-0.05, 0) is 77.2 Å². The number of hydrogen-bond donors (Lipinski definition) is 1. The number of halogens is 2. The van der Waals surface area contributed by atoms with Gasteiger partial charge >= 0.3 is 0 Å². The summed E-state index contributed by atoms with van der Waals surface area (Å²) < 4.78 is 17.5. The highest BCUT2D eigenvalue weighted by Gasteiger charge is 2.12. The molecule has 31 heavy (non-hydrogen) atoms. The number of carbonyl (C=O) groups is 1. The van der Waals surface area contributed by atoms with Crippen molar-refractivity contribution in [3.63, 3.8) is 0 Å². The molecule has 0 aromatic heterocycles. The van der Waals surface area contributed by atoms with Crippen LogP contribution in [0.3, 0.4) is 0 Å². The Balaban J connectivity index is 1.89. The van der Waals surface area contributed by atoms with Crippen molar-refractivity contribution in [3.8, 4) is 17.2 Å². The highest BCUT2D eigenvalue weighted by molar-refractivity contribution is 9.10. The number of amides is 1. The molecule has 0 unspecified atom stereocenters. The van der Waals surface area contributed by atoms with Crippen LogP contribution in [0.2, 0.25) is 5.02 Å². The number of benzene rings is 2. The fourth-order valence-electron chi connectivity index (χ4n) is 2.78.